The highest BCUT2D eigenvalue weighted by molar-refractivity contribution is 5.85. The lowest BCUT2D eigenvalue weighted by atomic mass is 9.97. The van der Waals surface area contributed by atoms with Gasteiger partial charge in [0, 0.05) is 33.0 Å². The third-order valence-corrected chi connectivity index (χ3v) is 5.73. The van der Waals surface area contributed by atoms with Gasteiger partial charge in [0.05, 0.1) is 30.0 Å². The molecular formula is C23H30N4O5. The van der Waals surface area contributed by atoms with Gasteiger partial charge in [0.15, 0.2) is 0 Å². The van der Waals surface area contributed by atoms with E-state index < -0.39 is 0 Å². The number of hydrogen-bond acceptors (Lipinski definition) is 6. The summed E-state index contributed by atoms with van der Waals surface area (Å²) in [6, 6.07) is 7.12. The number of nitrogens with zero attached hydrogens (tertiary/aromatic N) is 3. The molecule has 1 aromatic carbocycles. The van der Waals surface area contributed by atoms with E-state index >= 15 is 0 Å². The Morgan fingerprint density at radius 3 is 2.66 bits per heavy atom. The minimum absolute atomic E-state index is 0.00790. The quantitative estimate of drug-likeness (QED) is 0.620. The number of amides is 2. The number of ether oxygens (including phenoxy) is 1. The standard InChI is InChI=1S/C23H30N4O5/c1-3-32-23(31)16-11-13-27(14-12-16)21(29)15-26(2)20(28)10-6-9-19-24-18-8-5-4-7-17(18)22(30)25-19/h4-5,7-8,16H,3,6,9-15H2,1-2H3,(H,24,25,30). The van der Waals surface area contributed by atoms with Crippen molar-refractivity contribution in [1.29, 1.82) is 0 Å². The number of benzene rings is 1. The number of aromatic amines is 1. The monoisotopic (exact) mass is 442 g/mol. The third-order valence-electron chi connectivity index (χ3n) is 5.73. The molecular weight excluding hydrogens is 412 g/mol. The molecule has 2 aromatic rings. The number of aromatic nitrogens is 2. The van der Waals surface area contributed by atoms with Crippen LogP contribution in [0, 0.1) is 5.92 Å². The van der Waals surface area contributed by atoms with E-state index in [1.54, 1.807) is 37.1 Å². The minimum Gasteiger partial charge on any atom is -0.466 e. The summed E-state index contributed by atoms with van der Waals surface area (Å²) in [7, 11) is 1.61. The second-order valence-corrected chi connectivity index (χ2v) is 8.04. The molecule has 172 valence electrons. The topological polar surface area (TPSA) is 113 Å². The van der Waals surface area contributed by atoms with E-state index in [0.29, 0.717) is 62.1 Å². The van der Waals surface area contributed by atoms with E-state index in [0.717, 1.165) is 0 Å². The summed E-state index contributed by atoms with van der Waals surface area (Å²) in [6.45, 7) is 3.13. The number of piperidine rings is 1. The molecule has 3 rings (SSSR count). The molecule has 1 saturated heterocycles. The van der Waals surface area contributed by atoms with Crippen LogP contribution in [0.5, 0.6) is 0 Å². The first-order valence-corrected chi connectivity index (χ1v) is 11.0. The molecule has 0 bridgehead atoms. The SMILES string of the molecule is CCOC(=O)C1CCN(C(=O)CN(C)C(=O)CCCc2nc3ccccc3c(=O)[nH]2)CC1. The predicted octanol–water partition coefficient (Wildman–Crippen LogP) is 1.51. The number of para-hydroxylation sites is 1. The molecule has 0 radical (unpaired) electrons. The molecule has 1 aliphatic heterocycles. The van der Waals surface area contributed by atoms with Crippen molar-refractivity contribution < 1.29 is 19.1 Å². The summed E-state index contributed by atoms with van der Waals surface area (Å²) < 4.78 is 5.05. The van der Waals surface area contributed by atoms with E-state index in [1.165, 1.54) is 4.90 Å². The highest BCUT2D eigenvalue weighted by Gasteiger charge is 2.28. The molecule has 0 atom stereocenters. The number of aryl methyl sites for hydroxylation is 1. The third kappa shape index (κ3) is 5.93. The van der Waals surface area contributed by atoms with Gasteiger partial charge in [-0.15, -0.1) is 0 Å². The van der Waals surface area contributed by atoms with Gasteiger partial charge in [-0.3, -0.25) is 19.2 Å². The summed E-state index contributed by atoms with van der Waals surface area (Å²) in [6.07, 6.45) is 2.40. The van der Waals surface area contributed by atoms with E-state index in [9.17, 15) is 19.2 Å². The first-order valence-electron chi connectivity index (χ1n) is 11.0. The van der Waals surface area contributed by atoms with Gasteiger partial charge in [0.2, 0.25) is 11.8 Å². The highest BCUT2D eigenvalue weighted by atomic mass is 16.5. The molecule has 0 saturated carbocycles. The van der Waals surface area contributed by atoms with Crippen LogP contribution in [-0.4, -0.2) is 70.8 Å². The Bertz CT molecular complexity index is 1030. The average Bonchev–Trinajstić information content (AvgIpc) is 2.79. The first-order chi connectivity index (χ1) is 15.4. The van der Waals surface area contributed by atoms with Crippen LogP contribution in [0.4, 0.5) is 0 Å². The molecule has 1 aliphatic rings. The van der Waals surface area contributed by atoms with Gasteiger partial charge >= 0.3 is 5.97 Å². The molecule has 0 unspecified atom stereocenters. The van der Waals surface area contributed by atoms with Crippen molar-refractivity contribution >= 4 is 28.7 Å². The first kappa shape index (κ1) is 23.4. The number of fused-ring (bicyclic) bond motifs is 1. The zero-order chi connectivity index (χ0) is 23.1. The van der Waals surface area contributed by atoms with Crippen LogP contribution in [0.25, 0.3) is 10.9 Å². The van der Waals surface area contributed by atoms with Gasteiger partial charge in [-0.25, -0.2) is 4.98 Å². The van der Waals surface area contributed by atoms with Crippen LogP contribution in [0.15, 0.2) is 29.1 Å². The summed E-state index contributed by atoms with van der Waals surface area (Å²) in [4.78, 5) is 59.3. The van der Waals surface area contributed by atoms with Gasteiger partial charge < -0.3 is 19.5 Å². The fourth-order valence-corrected chi connectivity index (χ4v) is 3.87. The maximum absolute atomic E-state index is 12.5. The second-order valence-electron chi connectivity index (χ2n) is 8.04. The largest absolute Gasteiger partial charge is 0.466 e. The maximum atomic E-state index is 12.5. The number of rotatable bonds is 8. The van der Waals surface area contributed by atoms with Crippen LogP contribution in [0.1, 0.15) is 38.4 Å². The van der Waals surface area contributed by atoms with Crippen LogP contribution >= 0.6 is 0 Å². The van der Waals surface area contributed by atoms with Crippen molar-refractivity contribution in [2.24, 2.45) is 5.92 Å². The Kier molecular flexibility index (Phi) is 7.97. The van der Waals surface area contributed by atoms with Gasteiger partial charge in [0.25, 0.3) is 5.56 Å². The molecule has 2 heterocycles. The number of hydrogen-bond donors (Lipinski definition) is 1. The molecule has 0 aliphatic carbocycles. The summed E-state index contributed by atoms with van der Waals surface area (Å²) in [5.41, 5.74) is 0.443. The minimum atomic E-state index is -0.200. The molecule has 9 heteroatoms. The zero-order valence-corrected chi connectivity index (χ0v) is 18.6. The van der Waals surface area contributed by atoms with Gasteiger partial charge in [-0.1, -0.05) is 12.1 Å². The Morgan fingerprint density at radius 2 is 1.94 bits per heavy atom. The molecule has 9 nitrogen and oxygen atoms in total. The Hall–Kier alpha value is -3.23. The predicted molar refractivity (Wildman–Crippen MR) is 119 cm³/mol. The molecule has 0 spiro atoms. The van der Waals surface area contributed by atoms with E-state index in [1.807, 2.05) is 6.07 Å². The van der Waals surface area contributed by atoms with Crippen molar-refractivity contribution in [3.63, 3.8) is 0 Å². The van der Waals surface area contributed by atoms with E-state index in [4.69, 9.17) is 4.74 Å². The smallest absolute Gasteiger partial charge is 0.309 e. The summed E-state index contributed by atoms with van der Waals surface area (Å²) in [5.74, 6) is -0.0704. The number of carbonyl (C=O) groups is 3. The van der Waals surface area contributed by atoms with Crippen molar-refractivity contribution in [1.82, 2.24) is 19.8 Å². The van der Waals surface area contributed by atoms with Crippen LogP contribution in [0.3, 0.4) is 0 Å². The highest BCUT2D eigenvalue weighted by Crippen LogP contribution is 2.19. The Labute approximate surface area is 186 Å². The molecule has 32 heavy (non-hydrogen) atoms. The van der Waals surface area contributed by atoms with Crippen LogP contribution in [-0.2, 0) is 25.5 Å². The molecule has 1 aromatic heterocycles. The van der Waals surface area contributed by atoms with E-state index in [2.05, 4.69) is 9.97 Å². The normalized spacial score (nSPS) is 14.4. The molecule has 2 amide bonds. The van der Waals surface area contributed by atoms with Gasteiger partial charge in [0.1, 0.15) is 5.82 Å². The van der Waals surface area contributed by atoms with Crippen molar-refractivity contribution in [3.05, 3.63) is 40.4 Å². The Morgan fingerprint density at radius 1 is 1.22 bits per heavy atom. The summed E-state index contributed by atoms with van der Waals surface area (Å²) in [5, 5.41) is 0.539. The van der Waals surface area contributed by atoms with E-state index in [-0.39, 0.29) is 42.2 Å². The summed E-state index contributed by atoms with van der Waals surface area (Å²) >= 11 is 0. The van der Waals surface area contributed by atoms with Crippen molar-refractivity contribution in [2.75, 3.05) is 33.3 Å². The number of esters is 1. The lowest BCUT2D eigenvalue weighted by molar-refractivity contribution is -0.151. The van der Waals surface area contributed by atoms with Crippen LogP contribution in [0.2, 0.25) is 0 Å². The van der Waals surface area contributed by atoms with Gasteiger partial charge in [-0.2, -0.15) is 0 Å². The number of likely N-dealkylation sites (N-methyl/N-ethyl adjacent to an activating group) is 1. The van der Waals surface area contributed by atoms with Gasteiger partial charge in [-0.05, 0) is 38.3 Å². The number of nitrogens with one attached hydrogen (secondary N) is 1. The second kappa shape index (κ2) is 10.9. The molecule has 1 N–H and O–H groups in total. The molecule has 1 fully saturated rings. The lowest BCUT2D eigenvalue weighted by Gasteiger charge is -2.32. The van der Waals surface area contributed by atoms with Crippen molar-refractivity contribution in [3.8, 4) is 0 Å². The van der Waals surface area contributed by atoms with Crippen molar-refractivity contribution in [2.45, 2.75) is 39.0 Å². The number of carbonyl (C=O) groups excluding carboxylic acids is 3. The van der Waals surface area contributed by atoms with Crippen LogP contribution < -0.4 is 5.56 Å². The lowest BCUT2D eigenvalue weighted by Crippen LogP contribution is -2.45. The fourth-order valence-electron chi connectivity index (χ4n) is 3.87. The number of H-pyrrole nitrogens is 1. The average molecular weight is 443 g/mol. The Balaban J connectivity index is 1.43. The maximum Gasteiger partial charge on any atom is 0.309 e. The zero-order valence-electron chi connectivity index (χ0n) is 18.6. The number of likely N-dealkylation sites (tertiary alicyclic amines) is 1. The fraction of sp³-hybridized carbons (Fsp3) is 0.522.